The normalized spacial score (nSPS) is 18.0. The first kappa shape index (κ1) is 12.0. The van der Waals surface area contributed by atoms with Crippen LogP contribution >= 0.6 is 0 Å². The maximum absolute atomic E-state index is 11.7. The molecule has 0 saturated carbocycles. The SMILES string of the molecule is C#CCNC(=O)C(C)N(CC)C1CNC1. The minimum Gasteiger partial charge on any atom is -0.344 e. The van der Waals surface area contributed by atoms with Gasteiger partial charge < -0.3 is 10.6 Å². The number of carbonyl (C=O) groups excluding carboxylic acids is 1. The van der Waals surface area contributed by atoms with Crippen LogP contribution in [0.25, 0.3) is 0 Å². The van der Waals surface area contributed by atoms with Crippen molar-refractivity contribution in [2.45, 2.75) is 25.9 Å². The van der Waals surface area contributed by atoms with Crippen LogP contribution in [0.5, 0.6) is 0 Å². The van der Waals surface area contributed by atoms with Crippen LogP contribution in [0.2, 0.25) is 0 Å². The van der Waals surface area contributed by atoms with Crippen molar-refractivity contribution < 1.29 is 4.79 Å². The fourth-order valence-electron chi connectivity index (χ4n) is 1.79. The second-order valence-electron chi connectivity index (χ2n) is 3.74. The Morgan fingerprint density at radius 3 is 2.80 bits per heavy atom. The fraction of sp³-hybridized carbons (Fsp3) is 0.727. The minimum absolute atomic E-state index is 0.0155. The van der Waals surface area contributed by atoms with E-state index in [1.807, 2.05) is 6.92 Å². The van der Waals surface area contributed by atoms with Crippen molar-refractivity contribution in [2.24, 2.45) is 0 Å². The van der Waals surface area contributed by atoms with Gasteiger partial charge in [0.1, 0.15) is 0 Å². The Balaban J connectivity index is 2.44. The molecule has 1 saturated heterocycles. The fourth-order valence-corrected chi connectivity index (χ4v) is 1.79. The molecule has 1 fully saturated rings. The predicted molar refractivity (Wildman–Crippen MR) is 60.3 cm³/mol. The first-order valence-corrected chi connectivity index (χ1v) is 5.38. The molecule has 0 bridgehead atoms. The molecule has 1 aliphatic heterocycles. The number of likely N-dealkylation sites (N-methyl/N-ethyl adjacent to an activating group) is 1. The molecule has 1 atom stereocenters. The van der Waals surface area contributed by atoms with Gasteiger partial charge in [-0.25, -0.2) is 0 Å². The molecule has 4 nitrogen and oxygen atoms in total. The number of hydrogen-bond acceptors (Lipinski definition) is 3. The largest absolute Gasteiger partial charge is 0.344 e. The van der Waals surface area contributed by atoms with E-state index in [0.717, 1.165) is 19.6 Å². The molecule has 0 aromatic carbocycles. The van der Waals surface area contributed by atoms with Crippen molar-refractivity contribution >= 4 is 5.91 Å². The van der Waals surface area contributed by atoms with Crippen LogP contribution in [0.1, 0.15) is 13.8 Å². The third-order valence-electron chi connectivity index (χ3n) is 2.84. The van der Waals surface area contributed by atoms with E-state index in [9.17, 15) is 4.79 Å². The Kier molecular flexibility index (Phi) is 4.60. The van der Waals surface area contributed by atoms with Gasteiger partial charge in [-0.15, -0.1) is 6.42 Å². The lowest BCUT2D eigenvalue weighted by atomic mass is 10.1. The molecule has 0 aliphatic carbocycles. The molecule has 1 heterocycles. The van der Waals surface area contributed by atoms with E-state index in [0.29, 0.717) is 12.6 Å². The summed E-state index contributed by atoms with van der Waals surface area (Å²) in [5.74, 6) is 2.42. The second-order valence-corrected chi connectivity index (χ2v) is 3.74. The maximum Gasteiger partial charge on any atom is 0.237 e. The van der Waals surface area contributed by atoms with E-state index >= 15 is 0 Å². The highest BCUT2D eigenvalue weighted by molar-refractivity contribution is 5.81. The average molecular weight is 209 g/mol. The molecule has 0 aromatic rings. The molecule has 4 heteroatoms. The summed E-state index contributed by atoms with van der Waals surface area (Å²) in [6, 6.07) is 0.386. The summed E-state index contributed by atoms with van der Waals surface area (Å²) in [5, 5.41) is 5.92. The topological polar surface area (TPSA) is 44.4 Å². The van der Waals surface area contributed by atoms with Gasteiger partial charge in [-0.3, -0.25) is 9.69 Å². The van der Waals surface area contributed by atoms with Gasteiger partial charge in [-0.2, -0.15) is 0 Å². The monoisotopic (exact) mass is 209 g/mol. The van der Waals surface area contributed by atoms with Gasteiger partial charge in [0.15, 0.2) is 0 Å². The van der Waals surface area contributed by atoms with E-state index in [1.165, 1.54) is 0 Å². The summed E-state index contributed by atoms with van der Waals surface area (Å²) in [4.78, 5) is 13.9. The highest BCUT2D eigenvalue weighted by atomic mass is 16.2. The Labute approximate surface area is 91.4 Å². The van der Waals surface area contributed by atoms with Gasteiger partial charge in [0, 0.05) is 19.1 Å². The van der Waals surface area contributed by atoms with Crippen molar-refractivity contribution in [3.8, 4) is 12.3 Å². The summed E-state index contributed by atoms with van der Waals surface area (Å²) < 4.78 is 0. The number of nitrogens with one attached hydrogen (secondary N) is 2. The number of hydrogen-bond donors (Lipinski definition) is 2. The lowest BCUT2D eigenvalue weighted by Gasteiger charge is -2.40. The Morgan fingerprint density at radius 2 is 2.40 bits per heavy atom. The smallest absolute Gasteiger partial charge is 0.237 e. The van der Waals surface area contributed by atoms with E-state index in [2.05, 4.69) is 28.4 Å². The van der Waals surface area contributed by atoms with Gasteiger partial charge in [0.05, 0.1) is 12.6 Å². The van der Waals surface area contributed by atoms with Crippen molar-refractivity contribution in [1.82, 2.24) is 15.5 Å². The first-order valence-electron chi connectivity index (χ1n) is 5.38. The van der Waals surface area contributed by atoms with Crippen LogP contribution in [0.3, 0.4) is 0 Å². The highest BCUT2D eigenvalue weighted by Gasteiger charge is 2.30. The van der Waals surface area contributed by atoms with Crippen LogP contribution in [-0.4, -0.2) is 49.1 Å². The molecule has 1 unspecified atom stereocenters. The molecular formula is C11H19N3O. The van der Waals surface area contributed by atoms with E-state index < -0.39 is 0 Å². The molecule has 0 radical (unpaired) electrons. The first-order chi connectivity index (χ1) is 7.20. The summed E-state index contributed by atoms with van der Waals surface area (Å²) in [6.45, 7) is 7.14. The number of terminal acetylenes is 1. The molecular weight excluding hydrogens is 190 g/mol. The summed E-state index contributed by atoms with van der Waals surface area (Å²) >= 11 is 0. The summed E-state index contributed by atoms with van der Waals surface area (Å²) in [7, 11) is 0. The number of nitrogens with zero attached hydrogens (tertiary/aromatic N) is 1. The summed E-state index contributed by atoms with van der Waals surface area (Å²) in [6.07, 6.45) is 5.09. The third kappa shape index (κ3) is 2.95. The predicted octanol–water partition coefficient (Wildman–Crippen LogP) is -0.582. The zero-order chi connectivity index (χ0) is 11.3. The van der Waals surface area contributed by atoms with Gasteiger partial charge in [0.2, 0.25) is 5.91 Å². The highest BCUT2D eigenvalue weighted by Crippen LogP contribution is 2.09. The van der Waals surface area contributed by atoms with Crippen LogP contribution in [-0.2, 0) is 4.79 Å². The second kappa shape index (κ2) is 5.74. The zero-order valence-electron chi connectivity index (χ0n) is 9.42. The van der Waals surface area contributed by atoms with Gasteiger partial charge in [-0.05, 0) is 13.5 Å². The van der Waals surface area contributed by atoms with E-state index in [-0.39, 0.29) is 11.9 Å². The molecule has 0 spiro atoms. The number of rotatable bonds is 5. The van der Waals surface area contributed by atoms with Crippen molar-refractivity contribution in [3.05, 3.63) is 0 Å². The van der Waals surface area contributed by atoms with Crippen molar-refractivity contribution in [2.75, 3.05) is 26.2 Å². The number of amides is 1. The molecule has 0 aromatic heterocycles. The molecule has 1 rings (SSSR count). The molecule has 15 heavy (non-hydrogen) atoms. The van der Waals surface area contributed by atoms with Crippen LogP contribution in [0, 0.1) is 12.3 Å². The average Bonchev–Trinajstić information content (AvgIpc) is 2.18. The third-order valence-corrected chi connectivity index (χ3v) is 2.84. The van der Waals surface area contributed by atoms with Crippen molar-refractivity contribution in [1.29, 1.82) is 0 Å². The quantitative estimate of drug-likeness (QED) is 0.595. The molecule has 2 N–H and O–H groups in total. The molecule has 1 amide bonds. The minimum atomic E-state index is -0.101. The Morgan fingerprint density at radius 1 is 1.73 bits per heavy atom. The Bertz CT molecular complexity index is 255. The lowest BCUT2D eigenvalue weighted by molar-refractivity contribution is -0.126. The van der Waals surface area contributed by atoms with E-state index in [4.69, 9.17) is 6.42 Å². The van der Waals surface area contributed by atoms with Gasteiger partial charge in [0.25, 0.3) is 0 Å². The Hall–Kier alpha value is -1.05. The standard InChI is InChI=1S/C11H19N3O/c1-4-6-13-11(15)9(3)14(5-2)10-7-12-8-10/h1,9-10,12H,5-8H2,2-3H3,(H,13,15). The van der Waals surface area contributed by atoms with Gasteiger partial charge in [-0.1, -0.05) is 12.8 Å². The number of carbonyl (C=O) groups is 1. The summed E-state index contributed by atoms with van der Waals surface area (Å²) in [5.41, 5.74) is 0. The van der Waals surface area contributed by atoms with Crippen LogP contribution in [0.15, 0.2) is 0 Å². The van der Waals surface area contributed by atoms with Crippen LogP contribution < -0.4 is 10.6 Å². The van der Waals surface area contributed by atoms with E-state index in [1.54, 1.807) is 0 Å². The van der Waals surface area contributed by atoms with Gasteiger partial charge >= 0.3 is 0 Å². The van der Waals surface area contributed by atoms with Crippen LogP contribution in [0.4, 0.5) is 0 Å². The molecule has 84 valence electrons. The maximum atomic E-state index is 11.7. The molecule has 1 aliphatic rings. The zero-order valence-corrected chi connectivity index (χ0v) is 9.42. The van der Waals surface area contributed by atoms with Crippen molar-refractivity contribution in [3.63, 3.8) is 0 Å². The lowest BCUT2D eigenvalue weighted by Crippen LogP contribution is -2.61.